The number of benzene rings is 4. The summed E-state index contributed by atoms with van der Waals surface area (Å²) >= 11 is 0. The topological polar surface area (TPSA) is 40.8 Å². The summed E-state index contributed by atoms with van der Waals surface area (Å²) in [5.41, 5.74) is 8.62. The Labute approximate surface area is 205 Å². The van der Waals surface area contributed by atoms with Crippen LogP contribution in [0, 0.1) is 18.3 Å². The summed E-state index contributed by atoms with van der Waals surface area (Å²) in [7, 11) is 2.02. The Morgan fingerprint density at radius 3 is 2.14 bits per heavy atom. The van der Waals surface area contributed by atoms with Gasteiger partial charge in [0, 0.05) is 28.5 Å². The molecule has 0 aliphatic rings. The second-order valence-corrected chi connectivity index (χ2v) is 8.77. The lowest BCUT2D eigenvalue weighted by molar-refractivity contribution is -0.660. The minimum atomic E-state index is 0.197. The fourth-order valence-corrected chi connectivity index (χ4v) is 4.86. The first-order valence-electron chi connectivity index (χ1n) is 12.1. The molecule has 3 heteroatoms. The zero-order valence-corrected chi connectivity index (χ0v) is 19.5. The number of nitriles is 1. The fourth-order valence-electron chi connectivity index (χ4n) is 4.86. The third kappa shape index (κ3) is 3.39. The highest BCUT2D eigenvalue weighted by molar-refractivity contribution is 6.14. The molecule has 0 saturated carbocycles. The molecule has 0 fully saturated rings. The van der Waals surface area contributed by atoms with Crippen LogP contribution in [0.3, 0.4) is 0 Å². The van der Waals surface area contributed by atoms with Crippen molar-refractivity contribution in [3.63, 3.8) is 0 Å². The van der Waals surface area contributed by atoms with Gasteiger partial charge in [-0.2, -0.15) is 5.26 Å². The lowest BCUT2D eigenvalue weighted by Crippen LogP contribution is -2.30. The molecule has 3 nitrogen and oxygen atoms in total. The van der Waals surface area contributed by atoms with Gasteiger partial charge in [0.15, 0.2) is 6.20 Å². The quantitative estimate of drug-likeness (QED) is 0.260. The number of pyridine rings is 1. The number of fused-ring (bicyclic) bond motifs is 3. The van der Waals surface area contributed by atoms with E-state index in [1.54, 1.807) is 6.07 Å². The van der Waals surface area contributed by atoms with Crippen molar-refractivity contribution in [1.82, 2.24) is 0 Å². The van der Waals surface area contributed by atoms with Gasteiger partial charge in [0.25, 0.3) is 0 Å². The molecule has 0 aliphatic carbocycles. The maximum absolute atomic E-state index is 10.0. The highest BCUT2D eigenvalue weighted by atomic mass is 16.3. The molecule has 0 amide bonds. The molecule has 2 aromatic heterocycles. The van der Waals surface area contributed by atoms with Crippen LogP contribution in [0.2, 0.25) is 0 Å². The van der Waals surface area contributed by atoms with E-state index in [0.29, 0.717) is 16.7 Å². The summed E-state index contributed by atoms with van der Waals surface area (Å²) < 4.78 is 17.4. The van der Waals surface area contributed by atoms with E-state index in [9.17, 15) is 5.26 Å². The molecule has 6 aromatic rings. The molecule has 0 radical (unpaired) electrons. The first-order chi connectivity index (χ1) is 17.6. The maximum Gasteiger partial charge on any atom is 0.216 e. The molecule has 0 N–H and O–H groups in total. The van der Waals surface area contributed by atoms with Crippen LogP contribution in [0.15, 0.2) is 108 Å². The Morgan fingerprint density at radius 1 is 0.743 bits per heavy atom. The van der Waals surface area contributed by atoms with Crippen LogP contribution in [0.25, 0.3) is 55.4 Å². The van der Waals surface area contributed by atoms with E-state index in [-0.39, 0.29) is 6.04 Å². The Morgan fingerprint density at radius 2 is 1.40 bits per heavy atom. The van der Waals surface area contributed by atoms with E-state index in [4.69, 9.17) is 5.79 Å². The van der Waals surface area contributed by atoms with Crippen LogP contribution in [0.5, 0.6) is 0 Å². The van der Waals surface area contributed by atoms with Crippen molar-refractivity contribution in [1.29, 1.82) is 5.26 Å². The molecule has 0 saturated heterocycles. The SMILES string of the molecule is [2H]c1cc2c(oc3c(-c4cccc[n+]4C)c(C)ccc32)c(-c2ccc(-c3ccccc3)cc2)c1C#N. The summed E-state index contributed by atoms with van der Waals surface area (Å²) in [6, 6.07) is 32.8. The van der Waals surface area contributed by atoms with Crippen LogP contribution in [0.1, 0.15) is 12.5 Å². The van der Waals surface area contributed by atoms with E-state index in [2.05, 4.69) is 60.0 Å². The van der Waals surface area contributed by atoms with Gasteiger partial charge in [-0.25, -0.2) is 4.57 Å². The van der Waals surface area contributed by atoms with Gasteiger partial charge >= 0.3 is 0 Å². The molecule has 0 bridgehead atoms. The summed E-state index contributed by atoms with van der Waals surface area (Å²) in [5, 5.41) is 11.8. The lowest BCUT2D eigenvalue weighted by atomic mass is 9.95. The average molecular weight is 453 g/mol. The summed E-state index contributed by atoms with van der Waals surface area (Å²) in [6.45, 7) is 2.08. The van der Waals surface area contributed by atoms with E-state index >= 15 is 0 Å². The molecular weight excluding hydrogens is 428 g/mol. The van der Waals surface area contributed by atoms with E-state index in [1.165, 1.54) is 0 Å². The van der Waals surface area contributed by atoms with Crippen LogP contribution >= 0.6 is 0 Å². The first kappa shape index (κ1) is 19.8. The van der Waals surface area contributed by atoms with E-state index in [0.717, 1.165) is 49.9 Å². The number of hydrogen-bond donors (Lipinski definition) is 0. The third-order valence-corrected chi connectivity index (χ3v) is 6.65. The zero-order valence-electron chi connectivity index (χ0n) is 20.5. The van der Waals surface area contributed by atoms with E-state index in [1.807, 2.05) is 55.7 Å². The van der Waals surface area contributed by atoms with Crippen molar-refractivity contribution in [2.24, 2.45) is 7.05 Å². The second kappa shape index (κ2) is 8.27. The van der Waals surface area contributed by atoms with Crippen molar-refractivity contribution in [3.05, 3.63) is 114 Å². The Bertz CT molecular complexity index is 1810. The molecule has 2 heterocycles. The number of rotatable bonds is 3. The van der Waals surface area contributed by atoms with Crippen molar-refractivity contribution in [2.75, 3.05) is 0 Å². The predicted octanol–water partition coefficient (Wildman–Crippen LogP) is 7.59. The Kier molecular flexibility index (Phi) is 4.67. The van der Waals surface area contributed by atoms with Crippen molar-refractivity contribution in [3.8, 4) is 39.6 Å². The lowest BCUT2D eigenvalue weighted by Gasteiger charge is -2.07. The largest absolute Gasteiger partial charge is 0.454 e. The predicted molar refractivity (Wildman–Crippen MR) is 141 cm³/mol. The first-order valence-corrected chi connectivity index (χ1v) is 11.6. The molecule has 35 heavy (non-hydrogen) atoms. The van der Waals surface area contributed by atoms with Crippen LogP contribution in [-0.2, 0) is 7.05 Å². The molecular formula is C32H23N2O+. The van der Waals surface area contributed by atoms with Crippen LogP contribution in [0.4, 0.5) is 0 Å². The highest BCUT2D eigenvalue weighted by Crippen LogP contribution is 2.42. The standard InChI is InChI=1S/C32H23N2O/c1-21-11-17-26-27-18-16-25(20-33)30(24-14-12-23(13-15-24)22-8-4-3-5-9-22)32(27)35-31(26)29(21)28-10-6-7-19-34(28)2/h3-19H,1-2H3/q+1/i16D. The molecule has 0 atom stereocenters. The van der Waals surface area contributed by atoms with E-state index < -0.39 is 0 Å². The number of aryl methyl sites for hydroxylation is 2. The van der Waals surface area contributed by atoms with Crippen molar-refractivity contribution >= 4 is 21.9 Å². The van der Waals surface area contributed by atoms with Crippen LogP contribution < -0.4 is 4.57 Å². The normalized spacial score (nSPS) is 11.5. The molecule has 0 aliphatic heterocycles. The molecule has 6 rings (SSSR count). The van der Waals surface area contributed by atoms with Crippen molar-refractivity contribution < 1.29 is 10.4 Å². The maximum atomic E-state index is 10.0. The molecule has 166 valence electrons. The monoisotopic (exact) mass is 452 g/mol. The fraction of sp³-hybridized carbons (Fsp3) is 0.0625. The minimum Gasteiger partial charge on any atom is -0.454 e. The zero-order chi connectivity index (χ0) is 24.8. The van der Waals surface area contributed by atoms with Gasteiger partial charge < -0.3 is 4.42 Å². The number of hydrogen-bond acceptors (Lipinski definition) is 2. The van der Waals surface area contributed by atoms with Gasteiger partial charge in [-0.1, -0.05) is 66.7 Å². The second-order valence-electron chi connectivity index (χ2n) is 8.77. The molecule has 4 aromatic carbocycles. The minimum absolute atomic E-state index is 0.197. The summed E-state index contributed by atoms with van der Waals surface area (Å²) in [5.74, 6) is 0. The average Bonchev–Trinajstić information content (AvgIpc) is 3.27. The van der Waals surface area contributed by atoms with Gasteiger partial charge in [0.1, 0.15) is 18.2 Å². The van der Waals surface area contributed by atoms with Crippen LogP contribution in [-0.4, -0.2) is 0 Å². The van der Waals surface area contributed by atoms with Gasteiger partial charge in [0.2, 0.25) is 5.69 Å². The Hall–Kier alpha value is -4.68. The molecule has 0 spiro atoms. The van der Waals surface area contributed by atoms with Gasteiger partial charge in [-0.15, -0.1) is 0 Å². The highest BCUT2D eigenvalue weighted by Gasteiger charge is 2.22. The number of nitrogens with zero attached hydrogens (tertiary/aromatic N) is 2. The van der Waals surface area contributed by atoms with Gasteiger partial charge in [0.05, 0.1) is 18.6 Å². The van der Waals surface area contributed by atoms with Crippen molar-refractivity contribution in [2.45, 2.75) is 6.92 Å². The molecule has 0 unspecified atom stereocenters. The smallest absolute Gasteiger partial charge is 0.216 e. The Balaban J connectivity index is 1.65. The summed E-state index contributed by atoms with van der Waals surface area (Å²) in [6.07, 6.45) is 2.02. The van der Waals surface area contributed by atoms with Gasteiger partial charge in [-0.3, -0.25) is 0 Å². The number of furan rings is 1. The summed E-state index contributed by atoms with van der Waals surface area (Å²) in [4.78, 5) is 0. The van der Waals surface area contributed by atoms with Gasteiger partial charge in [-0.05, 0) is 47.4 Å². The number of aromatic nitrogens is 1. The third-order valence-electron chi connectivity index (χ3n) is 6.65.